The van der Waals surface area contributed by atoms with Gasteiger partial charge in [0, 0.05) is 6.92 Å². The molecule has 0 saturated carbocycles. The molecule has 0 spiro atoms. The van der Waals surface area contributed by atoms with E-state index in [-0.39, 0.29) is 23.1 Å². The Morgan fingerprint density at radius 2 is 2.00 bits per heavy atom. The minimum absolute atomic E-state index is 0.116. The van der Waals surface area contributed by atoms with Crippen LogP contribution >= 0.6 is 0 Å². The standard InChI is InChI=1S/C11H14N4O3/c1-6(16)14-9-5-7(15-11(12)13)3-4-8(9)10(17)18-2/h3-5H,1-2H3,(H,14,16)(H4,12,13,15). The van der Waals surface area contributed by atoms with Crippen molar-refractivity contribution in [1.29, 1.82) is 0 Å². The summed E-state index contributed by atoms with van der Waals surface area (Å²) in [7, 11) is 1.25. The number of hydrogen-bond donors (Lipinski definition) is 3. The van der Waals surface area contributed by atoms with E-state index in [4.69, 9.17) is 11.5 Å². The van der Waals surface area contributed by atoms with Crippen LogP contribution in [0.25, 0.3) is 0 Å². The van der Waals surface area contributed by atoms with Crippen molar-refractivity contribution in [3.8, 4) is 0 Å². The van der Waals surface area contributed by atoms with Crippen LogP contribution in [0.15, 0.2) is 23.2 Å². The predicted molar refractivity (Wildman–Crippen MR) is 67.6 cm³/mol. The lowest BCUT2D eigenvalue weighted by atomic mass is 10.1. The highest BCUT2D eigenvalue weighted by molar-refractivity contribution is 6.01. The van der Waals surface area contributed by atoms with E-state index in [1.807, 2.05) is 0 Å². The highest BCUT2D eigenvalue weighted by Crippen LogP contribution is 2.23. The zero-order valence-corrected chi connectivity index (χ0v) is 10.1. The van der Waals surface area contributed by atoms with E-state index in [2.05, 4.69) is 15.0 Å². The maximum Gasteiger partial charge on any atom is 0.339 e. The van der Waals surface area contributed by atoms with E-state index in [1.165, 1.54) is 32.2 Å². The summed E-state index contributed by atoms with van der Waals surface area (Å²) >= 11 is 0. The molecule has 96 valence electrons. The lowest BCUT2D eigenvalue weighted by Crippen LogP contribution is -2.22. The third-order valence-corrected chi connectivity index (χ3v) is 1.98. The van der Waals surface area contributed by atoms with Crippen molar-refractivity contribution in [2.45, 2.75) is 6.92 Å². The average molecular weight is 250 g/mol. The van der Waals surface area contributed by atoms with E-state index in [0.717, 1.165) is 0 Å². The molecular formula is C11H14N4O3. The van der Waals surface area contributed by atoms with E-state index >= 15 is 0 Å². The quantitative estimate of drug-likeness (QED) is 0.406. The summed E-state index contributed by atoms with van der Waals surface area (Å²) < 4.78 is 4.60. The Bertz CT molecular complexity index is 507. The topological polar surface area (TPSA) is 120 Å². The smallest absolute Gasteiger partial charge is 0.339 e. The van der Waals surface area contributed by atoms with Gasteiger partial charge < -0.3 is 21.5 Å². The molecule has 0 aliphatic carbocycles. The number of nitrogens with zero attached hydrogens (tertiary/aromatic N) is 1. The Morgan fingerprint density at radius 3 is 2.50 bits per heavy atom. The second-order valence-electron chi connectivity index (χ2n) is 3.44. The average Bonchev–Trinajstić information content (AvgIpc) is 2.26. The number of esters is 1. The summed E-state index contributed by atoms with van der Waals surface area (Å²) in [5, 5.41) is 2.51. The molecule has 0 aliphatic heterocycles. The summed E-state index contributed by atoms with van der Waals surface area (Å²) in [6.45, 7) is 1.33. The van der Waals surface area contributed by atoms with Gasteiger partial charge in [0.05, 0.1) is 24.0 Å². The summed E-state index contributed by atoms with van der Waals surface area (Å²) in [5.41, 5.74) is 11.4. The molecule has 0 aliphatic rings. The monoisotopic (exact) mass is 250 g/mol. The van der Waals surface area contributed by atoms with Gasteiger partial charge in [-0.15, -0.1) is 0 Å². The van der Waals surface area contributed by atoms with Crippen molar-refractivity contribution in [2.75, 3.05) is 12.4 Å². The summed E-state index contributed by atoms with van der Waals surface area (Å²) in [4.78, 5) is 26.4. The number of nitrogens with one attached hydrogen (secondary N) is 1. The number of nitrogens with two attached hydrogens (primary N) is 2. The second kappa shape index (κ2) is 5.67. The van der Waals surface area contributed by atoms with Gasteiger partial charge in [-0.3, -0.25) is 4.79 Å². The number of benzene rings is 1. The molecule has 7 nitrogen and oxygen atoms in total. The van der Waals surface area contributed by atoms with Crippen molar-refractivity contribution >= 4 is 29.2 Å². The second-order valence-corrected chi connectivity index (χ2v) is 3.44. The predicted octanol–water partition coefficient (Wildman–Crippen LogP) is 0.336. The molecule has 1 aromatic carbocycles. The first-order valence-electron chi connectivity index (χ1n) is 5.03. The number of carbonyl (C=O) groups excluding carboxylic acids is 2. The summed E-state index contributed by atoms with van der Waals surface area (Å²) in [6.07, 6.45) is 0. The van der Waals surface area contributed by atoms with Crippen LogP contribution in [0.5, 0.6) is 0 Å². The normalized spacial score (nSPS) is 9.44. The number of carbonyl (C=O) groups is 2. The van der Waals surface area contributed by atoms with Gasteiger partial charge >= 0.3 is 5.97 Å². The van der Waals surface area contributed by atoms with Gasteiger partial charge in [0.25, 0.3) is 0 Å². The number of anilines is 1. The SMILES string of the molecule is COC(=O)c1ccc(N=C(N)N)cc1NC(C)=O. The minimum atomic E-state index is -0.560. The fourth-order valence-corrected chi connectivity index (χ4v) is 1.33. The number of ether oxygens (including phenoxy) is 1. The number of guanidine groups is 1. The summed E-state index contributed by atoms with van der Waals surface area (Å²) in [5.74, 6) is -0.994. The van der Waals surface area contributed by atoms with Gasteiger partial charge in [0.15, 0.2) is 5.96 Å². The van der Waals surface area contributed by atoms with Gasteiger partial charge in [-0.25, -0.2) is 9.79 Å². The highest BCUT2D eigenvalue weighted by atomic mass is 16.5. The first-order valence-corrected chi connectivity index (χ1v) is 5.03. The van der Waals surface area contributed by atoms with Crippen LogP contribution in [0.3, 0.4) is 0 Å². The Balaban J connectivity index is 3.24. The Kier molecular flexibility index (Phi) is 4.25. The number of rotatable bonds is 3. The number of amides is 1. The van der Waals surface area contributed by atoms with Crippen LogP contribution in [0.1, 0.15) is 17.3 Å². The molecule has 0 bridgehead atoms. The summed E-state index contributed by atoms with van der Waals surface area (Å²) in [6, 6.07) is 4.49. The fraction of sp³-hybridized carbons (Fsp3) is 0.182. The molecule has 0 unspecified atom stereocenters. The van der Waals surface area contributed by atoms with Crippen molar-refractivity contribution in [2.24, 2.45) is 16.5 Å². The van der Waals surface area contributed by atoms with Gasteiger partial charge in [0.1, 0.15) is 0 Å². The lowest BCUT2D eigenvalue weighted by Gasteiger charge is -2.09. The third-order valence-electron chi connectivity index (χ3n) is 1.98. The number of aliphatic imine (C=N–C) groups is 1. The zero-order valence-electron chi connectivity index (χ0n) is 10.1. The van der Waals surface area contributed by atoms with Gasteiger partial charge in [-0.2, -0.15) is 0 Å². The Morgan fingerprint density at radius 1 is 1.33 bits per heavy atom. The highest BCUT2D eigenvalue weighted by Gasteiger charge is 2.13. The maximum atomic E-state index is 11.5. The van der Waals surface area contributed by atoms with Crippen molar-refractivity contribution < 1.29 is 14.3 Å². The van der Waals surface area contributed by atoms with E-state index in [0.29, 0.717) is 5.69 Å². The van der Waals surface area contributed by atoms with Crippen LogP contribution in [-0.2, 0) is 9.53 Å². The molecular weight excluding hydrogens is 236 g/mol. The number of methoxy groups -OCH3 is 1. The fourth-order valence-electron chi connectivity index (χ4n) is 1.33. The molecule has 1 aromatic rings. The van der Waals surface area contributed by atoms with E-state index in [1.54, 1.807) is 0 Å². The van der Waals surface area contributed by atoms with Crippen LogP contribution in [0.4, 0.5) is 11.4 Å². The Labute approximate surface area is 104 Å². The molecule has 0 aromatic heterocycles. The molecule has 7 heteroatoms. The van der Waals surface area contributed by atoms with Crippen molar-refractivity contribution in [3.63, 3.8) is 0 Å². The molecule has 0 saturated heterocycles. The first kappa shape index (κ1) is 13.5. The molecule has 18 heavy (non-hydrogen) atoms. The molecule has 0 heterocycles. The molecule has 1 amide bonds. The van der Waals surface area contributed by atoms with E-state index < -0.39 is 5.97 Å². The lowest BCUT2D eigenvalue weighted by molar-refractivity contribution is -0.114. The minimum Gasteiger partial charge on any atom is -0.465 e. The number of hydrogen-bond acceptors (Lipinski definition) is 4. The first-order chi connectivity index (χ1) is 8.43. The van der Waals surface area contributed by atoms with Crippen LogP contribution < -0.4 is 16.8 Å². The maximum absolute atomic E-state index is 11.5. The third kappa shape index (κ3) is 3.48. The van der Waals surface area contributed by atoms with Crippen LogP contribution in [0, 0.1) is 0 Å². The Hall–Kier alpha value is -2.57. The van der Waals surface area contributed by atoms with E-state index in [9.17, 15) is 9.59 Å². The molecule has 1 rings (SSSR count). The van der Waals surface area contributed by atoms with Crippen molar-refractivity contribution in [3.05, 3.63) is 23.8 Å². The van der Waals surface area contributed by atoms with Gasteiger partial charge in [0.2, 0.25) is 5.91 Å². The molecule has 0 fully saturated rings. The van der Waals surface area contributed by atoms with Gasteiger partial charge in [-0.1, -0.05) is 0 Å². The molecule has 5 N–H and O–H groups in total. The largest absolute Gasteiger partial charge is 0.465 e. The zero-order chi connectivity index (χ0) is 13.7. The van der Waals surface area contributed by atoms with Crippen molar-refractivity contribution in [1.82, 2.24) is 0 Å². The molecule has 0 radical (unpaired) electrons. The van der Waals surface area contributed by atoms with Crippen LogP contribution in [0.2, 0.25) is 0 Å². The van der Waals surface area contributed by atoms with Crippen LogP contribution in [-0.4, -0.2) is 24.9 Å². The molecule has 0 atom stereocenters. The van der Waals surface area contributed by atoms with Gasteiger partial charge in [-0.05, 0) is 18.2 Å².